The molecule has 0 aliphatic carbocycles. The topological polar surface area (TPSA) is 75.8 Å². The number of nitrogens with zero attached hydrogens (tertiary/aromatic N) is 2. The molecule has 158 valence electrons. The molecule has 6 nitrogen and oxygen atoms in total. The van der Waals surface area contributed by atoms with Crippen LogP contribution in [0.4, 0.5) is 10.1 Å². The summed E-state index contributed by atoms with van der Waals surface area (Å²) in [6.45, 7) is 1.97. The number of aliphatic hydroxyl groups is 1. The number of likely N-dealkylation sites (N-methyl/N-ethyl adjacent to an activating group) is 1. The van der Waals surface area contributed by atoms with Crippen molar-refractivity contribution < 1.29 is 19.2 Å². The normalized spacial score (nSPS) is 13.3. The summed E-state index contributed by atoms with van der Waals surface area (Å²) in [6, 6.07) is 12.9. The maximum atomic E-state index is 14.2. The molecule has 0 saturated heterocycles. The minimum absolute atomic E-state index is 0.166. The molecule has 2 unspecified atom stereocenters. The highest BCUT2D eigenvalue weighted by molar-refractivity contribution is 7.15. The fourth-order valence-electron chi connectivity index (χ4n) is 3.05. The lowest BCUT2D eigenvalue weighted by Crippen LogP contribution is -2.44. The summed E-state index contributed by atoms with van der Waals surface area (Å²) < 4.78 is 20.6. The van der Waals surface area contributed by atoms with E-state index in [1.54, 1.807) is 11.9 Å². The van der Waals surface area contributed by atoms with Crippen molar-refractivity contribution in [2.24, 2.45) is 0 Å². The van der Waals surface area contributed by atoms with Crippen LogP contribution in [0, 0.1) is 15.9 Å². The van der Waals surface area contributed by atoms with Gasteiger partial charge in [0, 0.05) is 18.2 Å². The van der Waals surface area contributed by atoms with Gasteiger partial charge in [-0.25, -0.2) is 4.39 Å². The molecule has 0 spiro atoms. The van der Waals surface area contributed by atoms with E-state index in [0.29, 0.717) is 6.54 Å². The molecular formula is C21H20ClFN2O4S. The lowest BCUT2D eigenvalue weighted by atomic mass is 10.1. The van der Waals surface area contributed by atoms with Crippen LogP contribution in [-0.4, -0.2) is 34.3 Å². The predicted molar refractivity (Wildman–Crippen MR) is 115 cm³/mol. The Morgan fingerprint density at radius 3 is 2.50 bits per heavy atom. The van der Waals surface area contributed by atoms with Gasteiger partial charge in [-0.2, -0.15) is 0 Å². The molecule has 3 rings (SSSR count). The Kier molecular flexibility index (Phi) is 7.04. The van der Waals surface area contributed by atoms with Gasteiger partial charge in [0.2, 0.25) is 0 Å². The van der Waals surface area contributed by atoms with Crippen LogP contribution in [0.3, 0.4) is 0 Å². The van der Waals surface area contributed by atoms with Crippen LogP contribution in [0.1, 0.15) is 12.5 Å². The Bertz CT molecular complexity index is 1030. The number of halogens is 2. The third kappa shape index (κ3) is 5.14. The van der Waals surface area contributed by atoms with Gasteiger partial charge in [-0.15, -0.1) is 11.3 Å². The molecule has 30 heavy (non-hydrogen) atoms. The van der Waals surface area contributed by atoms with Crippen LogP contribution in [0.25, 0.3) is 11.1 Å². The van der Waals surface area contributed by atoms with Crippen molar-refractivity contribution in [1.29, 1.82) is 0 Å². The number of rotatable bonds is 8. The van der Waals surface area contributed by atoms with E-state index in [2.05, 4.69) is 0 Å². The van der Waals surface area contributed by atoms with E-state index in [0.717, 1.165) is 33.2 Å². The molecule has 1 N–H and O–H groups in total. The smallest absolute Gasteiger partial charge is 0.272 e. The van der Waals surface area contributed by atoms with Crippen LogP contribution in [-0.2, 0) is 6.54 Å². The first-order valence-corrected chi connectivity index (χ1v) is 10.3. The quantitative estimate of drug-likeness (QED) is 0.285. The number of benzene rings is 2. The standard InChI is InChI=1S/C21H20ClFN2O4S/c1-13(26)21(29-19-8-7-16(25(27)28)11-18(19)23)24(2)12-14-3-5-15(6-4-14)17-9-10-30-20(17)22/h3-11,13,21,26H,12H2,1-2H3. The molecule has 2 atom stereocenters. The average molecular weight is 451 g/mol. The van der Waals surface area contributed by atoms with Crippen molar-refractivity contribution in [2.75, 3.05) is 7.05 Å². The van der Waals surface area contributed by atoms with Crippen molar-refractivity contribution in [1.82, 2.24) is 4.90 Å². The van der Waals surface area contributed by atoms with Gasteiger partial charge in [-0.05, 0) is 42.6 Å². The van der Waals surface area contributed by atoms with Gasteiger partial charge in [-0.3, -0.25) is 15.0 Å². The zero-order valence-electron chi connectivity index (χ0n) is 16.3. The molecule has 0 radical (unpaired) electrons. The molecule has 0 saturated carbocycles. The van der Waals surface area contributed by atoms with Gasteiger partial charge in [-0.1, -0.05) is 35.9 Å². The van der Waals surface area contributed by atoms with Crippen molar-refractivity contribution in [2.45, 2.75) is 25.8 Å². The molecule has 1 heterocycles. The molecule has 0 bridgehead atoms. The summed E-state index contributed by atoms with van der Waals surface area (Å²) in [7, 11) is 1.74. The molecule has 0 fully saturated rings. The molecule has 2 aromatic carbocycles. The SMILES string of the molecule is CC(O)C(Oc1ccc([N+](=O)[O-])cc1F)N(C)Cc1ccc(-c2ccsc2Cl)cc1. The Hall–Kier alpha value is -2.52. The summed E-state index contributed by atoms with van der Waals surface area (Å²) in [5, 5.41) is 22.8. The van der Waals surface area contributed by atoms with Gasteiger partial charge >= 0.3 is 0 Å². The summed E-state index contributed by atoms with van der Waals surface area (Å²) >= 11 is 7.66. The van der Waals surface area contributed by atoms with E-state index in [9.17, 15) is 19.6 Å². The van der Waals surface area contributed by atoms with Crippen LogP contribution in [0.15, 0.2) is 53.9 Å². The van der Waals surface area contributed by atoms with E-state index in [1.165, 1.54) is 24.3 Å². The number of aliphatic hydroxyl groups excluding tert-OH is 1. The molecule has 1 aromatic heterocycles. The maximum absolute atomic E-state index is 14.2. The van der Waals surface area contributed by atoms with Crippen molar-refractivity contribution in [3.63, 3.8) is 0 Å². The molecule has 3 aromatic rings. The van der Waals surface area contributed by atoms with E-state index in [1.807, 2.05) is 35.7 Å². The minimum atomic E-state index is -0.937. The lowest BCUT2D eigenvalue weighted by molar-refractivity contribution is -0.385. The number of thiophene rings is 1. The highest BCUT2D eigenvalue weighted by Gasteiger charge is 2.24. The first-order valence-electron chi connectivity index (χ1n) is 9.07. The highest BCUT2D eigenvalue weighted by atomic mass is 35.5. The second kappa shape index (κ2) is 9.53. The van der Waals surface area contributed by atoms with Crippen LogP contribution in [0.2, 0.25) is 4.34 Å². The molecule has 0 amide bonds. The van der Waals surface area contributed by atoms with Crippen LogP contribution < -0.4 is 4.74 Å². The largest absolute Gasteiger partial charge is 0.469 e. The van der Waals surface area contributed by atoms with Crippen LogP contribution >= 0.6 is 22.9 Å². The van der Waals surface area contributed by atoms with Gasteiger partial charge in [0.15, 0.2) is 17.8 Å². The number of hydrogen-bond donors (Lipinski definition) is 1. The van der Waals surface area contributed by atoms with E-state index in [-0.39, 0.29) is 11.4 Å². The predicted octanol–water partition coefficient (Wildman–Crippen LogP) is 5.33. The zero-order valence-corrected chi connectivity index (χ0v) is 17.9. The highest BCUT2D eigenvalue weighted by Crippen LogP contribution is 2.32. The van der Waals surface area contributed by atoms with Gasteiger partial charge in [0.1, 0.15) is 10.4 Å². The summed E-state index contributed by atoms with van der Waals surface area (Å²) in [4.78, 5) is 11.8. The second-order valence-electron chi connectivity index (χ2n) is 6.84. The van der Waals surface area contributed by atoms with Gasteiger partial charge < -0.3 is 9.84 Å². The minimum Gasteiger partial charge on any atom is -0.469 e. The first-order chi connectivity index (χ1) is 14.3. The van der Waals surface area contributed by atoms with Crippen LogP contribution in [0.5, 0.6) is 5.75 Å². The lowest BCUT2D eigenvalue weighted by Gasteiger charge is -2.30. The first kappa shape index (κ1) is 22.2. The second-order valence-corrected chi connectivity index (χ2v) is 8.36. The fraction of sp³-hybridized carbons (Fsp3) is 0.238. The van der Waals surface area contributed by atoms with E-state index >= 15 is 0 Å². The molecule has 0 aliphatic rings. The fourth-order valence-corrected chi connectivity index (χ4v) is 4.02. The maximum Gasteiger partial charge on any atom is 0.272 e. The summed E-state index contributed by atoms with van der Waals surface area (Å²) in [5.74, 6) is -1.03. The Morgan fingerprint density at radius 2 is 1.97 bits per heavy atom. The third-order valence-corrected chi connectivity index (χ3v) is 5.71. The molecular weight excluding hydrogens is 431 g/mol. The number of nitro benzene ring substituents is 1. The average Bonchev–Trinajstić information content (AvgIpc) is 3.13. The van der Waals surface area contributed by atoms with E-state index < -0.39 is 23.1 Å². The monoisotopic (exact) mass is 450 g/mol. The van der Waals surface area contributed by atoms with Crippen molar-refractivity contribution in [3.8, 4) is 16.9 Å². The van der Waals surface area contributed by atoms with E-state index in [4.69, 9.17) is 16.3 Å². The van der Waals surface area contributed by atoms with Crippen molar-refractivity contribution >= 4 is 28.6 Å². The number of ether oxygens (including phenoxy) is 1. The van der Waals surface area contributed by atoms with Gasteiger partial charge in [0.05, 0.1) is 11.0 Å². The molecule has 0 aliphatic heterocycles. The number of non-ortho nitro benzene ring substituents is 1. The van der Waals surface area contributed by atoms with Gasteiger partial charge in [0.25, 0.3) is 5.69 Å². The number of nitro groups is 1. The summed E-state index contributed by atoms with van der Waals surface area (Å²) in [6.07, 6.45) is -1.79. The Balaban J connectivity index is 1.72. The summed E-state index contributed by atoms with van der Waals surface area (Å²) in [5.41, 5.74) is 2.57. The third-order valence-electron chi connectivity index (χ3n) is 4.54. The Morgan fingerprint density at radius 1 is 1.27 bits per heavy atom. The molecule has 9 heteroatoms. The number of hydrogen-bond acceptors (Lipinski definition) is 6. The van der Waals surface area contributed by atoms with Crippen molar-refractivity contribution in [3.05, 3.63) is 79.7 Å². The Labute approximate surface area is 182 Å². The zero-order chi connectivity index (χ0) is 21.8.